The smallest absolute Gasteiger partial charge is 0.325 e. The Labute approximate surface area is 113 Å². The average molecular weight is 317 g/mol. The van der Waals surface area contributed by atoms with Gasteiger partial charge in [-0.3, -0.25) is 9.69 Å². The quantitative estimate of drug-likeness (QED) is 0.889. The topological polar surface area (TPSA) is 52.6 Å². The molecule has 2 rings (SSSR count). The molecule has 0 aromatic heterocycles. The molecule has 0 spiro atoms. The molecular formula is C12H14BrFN2O2. The Hall–Kier alpha value is -0.980. The summed E-state index contributed by atoms with van der Waals surface area (Å²) in [6.45, 7) is 2.64. The fourth-order valence-electron chi connectivity index (χ4n) is 2.15. The van der Waals surface area contributed by atoms with Gasteiger partial charge in [0.2, 0.25) is 0 Å². The molecule has 1 aromatic carbocycles. The number of carboxylic acids is 1. The summed E-state index contributed by atoms with van der Waals surface area (Å²) in [6, 6.07) is 3.47. The lowest BCUT2D eigenvalue weighted by atomic mass is 10.0. The Morgan fingerprint density at radius 1 is 1.44 bits per heavy atom. The molecule has 0 aliphatic carbocycles. The standard InChI is InChI=1S/C12H14BrFN2O2/c13-8-1-2-10(14)9(7-8)11(12(17)18)16-5-3-15-4-6-16/h1-2,7,11,15H,3-6H2,(H,17,18). The number of rotatable bonds is 3. The Bertz CT molecular complexity index is 450. The molecular weight excluding hydrogens is 303 g/mol. The summed E-state index contributed by atoms with van der Waals surface area (Å²) in [6.07, 6.45) is 0. The van der Waals surface area contributed by atoms with E-state index in [9.17, 15) is 14.3 Å². The number of carbonyl (C=O) groups is 1. The molecule has 1 aliphatic rings. The zero-order valence-electron chi connectivity index (χ0n) is 9.70. The summed E-state index contributed by atoms with van der Waals surface area (Å²) in [7, 11) is 0. The average Bonchev–Trinajstić information content (AvgIpc) is 2.35. The van der Waals surface area contributed by atoms with Gasteiger partial charge in [0, 0.05) is 36.2 Å². The van der Waals surface area contributed by atoms with E-state index in [1.165, 1.54) is 12.1 Å². The normalized spacial score (nSPS) is 18.6. The summed E-state index contributed by atoms with van der Waals surface area (Å²) >= 11 is 3.25. The van der Waals surface area contributed by atoms with Crippen molar-refractivity contribution in [2.75, 3.05) is 26.2 Å². The minimum atomic E-state index is -1.02. The van der Waals surface area contributed by atoms with Crippen molar-refractivity contribution in [2.45, 2.75) is 6.04 Å². The van der Waals surface area contributed by atoms with Crippen molar-refractivity contribution in [1.82, 2.24) is 10.2 Å². The lowest BCUT2D eigenvalue weighted by Crippen LogP contribution is -2.47. The first-order valence-corrected chi connectivity index (χ1v) is 6.51. The molecule has 1 atom stereocenters. The molecule has 18 heavy (non-hydrogen) atoms. The Balaban J connectivity index is 2.34. The third kappa shape index (κ3) is 2.88. The maximum absolute atomic E-state index is 13.8. The molecule has 98 valence electrons. The first-order valence-electron chi connectivity index (χ1n) is 5.72. The monoisotopic (exact) mass is 316 g/mol. The second-order valence-electron chi connectivity index (χ2n) is 4.19. The van der Waals surface area contributed by atoms with Crippen molar-refractivity contribution in [1.29, 1.82) is 0 Å². The van der Waals surface area contributed by atoms with Crippen molar-refractivity contribution in [3.63, 3.8) is 0 Å². The van der Waals surface area contributed by atoms with Crippen molar-refractivity contribution in [3.05, 3.63) is 34.1 Å². The van der Waals surface area contributed by atoms with Crippen LogP contribution in [-0.2, 0) is 4.79 Å². The van der Waals surface area contributed by atoms with Crippen LogP contribution in [0.4, 0.5) is 4.39 Å². The maximum atomic E-state index is 13.8. The number of nitrogens with zero attached hydrogens (tertiary/aromatic N) is 1. The number of halogens is 2. The molecule has 2 N–H and O–H groups in total. The highest BCUT2D eigenvalue weighted by Gasteiger charge is 2.30. The van der Waals surface area contributed by atoms with E-state index >= 15 is 0 Å². The number of piperazine rings is 1. The lowest BCUT2D eigenvalue weighted by molar-refractivity contribution is -0.144. The summed E-state index contributed by atoms with van der Waals surface area (Å²) in [5.41, 5.74) is 0.207. The van der Waals surface area contributed by atoms with Crippen LogP contribution in [0.3, 0.4) is 0 Å². The molecule has 1 aliphatic heterocycles. The van der Waals surface area contributed by atoms with Crippen LogP contribution in [0.5, 0.6) is 0 Å². The summed E-state index contributed by atoms with van der Waals surface area (Å²) in [4.78, 5) is 13.2. The Kier molecular flexibility index (Phi) is 4.31. The summed E-state index contributed by atoms with van der Waals surface area (Å²) in [5.74, 6) is -1.50. The van der Waals surface area contributed by atoms with Crippen molar-refractivity contribution >= 4 is 21.9 Å². The van der Waals surface area contributed by atoms with E-state index in [4.69, 9.17) is 0 Å². The highest BCUT2D eigenvalue weighted by molar-refractivity contribution is 9.10. The zero-order chi connectivity index (χ0) is 13.1. The van der Waals surface area contributed by atoms with E-state index in [0.717, 1.165) is 13.1 Å². The van der Waals surface area contributed by atoms with Gasteiger partial charge in [-0.2, -0.15) is 0 Å². The third-order valence-electron chi connectivity index (χ3n) is 3.00. The molecule has 0 bridgehead atoms. The van der Waals surface area contributed by atoms with Crippen LogP contribution in [-0.4, -0.2) is 42.2 Å². The molecule has 0 amide bonds. The molecule has 1 fully saturated rings. The molecule has 1 aromatic rings. The molecule has 1 saturated heterocycles. The molecule has 1 unspecified atom stereocenters. The summed E-state index contributed by atoms with van der Waals surface area (Å²) < 4.78 is 14.5. The second kappa shape index (κ2) is 5.77. The fraction of sp³-hybridized carbons (Fsp3) is 0.417. The van der Waals surface area contributed by atoms with E-state index in [1.54, 1.807) is 11.0 Å². The van der Waals surface area contributed by atoms with Gasteiger partial charge >= 0.3 is 5.97 Å². The van der Waals surface area contributed by atoms with E-state index in [0.29, 0.717) is 17.6 Å². The van der Waals surface area contributed by atoms with Gasteiger partial charge in [0.15, 0.2) is 0 Å². The number of aliphatic carboxylic acids is 1. The van der Waals surface area contributed by atoms with E-state index in [2.05, 4.69) is 21.2 Å². The van der Waals surface area contributed by atoms with Gasteiger partial charge in [-0.15, -0.1) is 0 Å². The Morgan fingerprint density at radius 3 is 2.72 bits per heavy atom. The van der Waals surface area contributed by atoms with Gasteiger partial charge in [-0.1, -0.05) is 15.9 Å². The van der Waals surface area contributed by atoms with Crippen LogP contribution < -0.4 is 5.32 Å². The van der Waals surface area contributed by atoms with Crippen LogP contribution in [0.1, 0.15) is 11.6 Å². The van der Waals surface area contributed by atoms with Gasteiger partial charge in [-0.05, 0) is 18.2 Å². The van der Waals surface area contributed by atoms with Crippen LogP contribution in [0.25, 0.3) is 0 Å². The van der Waals surface area contributed by atoms with E-state index in [-0.39, 0.29) is 5.56 Å². The van der Waals surface area contributed by atoms with E-state index in [1.807, 2.05) is 0 Å². The van der Waals surface area contributed by atoms with Gasteiger partial charge in [-0.25, -0.2) is 4.39 Å². The number of hydrogen-bond acceptors (Lipinski definition) is 3. The molecule has 6 heteroatoms. The predicted molar refractivity (Wildman–Crippen MR) is 68.9 cm³/mol. The maximum Gasteiger partial charge on any atom is 0.325 e. The van der Waals surface area contributed by atoms with Crippen molar-refractivity contribution in [3.8, 4) is 0 Å². The van der Waals surface area contributed by atoms with Crippen LogP contribution >= 0.6 is 15.9 Å². The first kappa shape index (κ1) is 13.5. The minimum absolute atomic E-state index is 0.207. The highest BCUT2D eigenvalue weighted by atomic mass is 79.9. The predicted octanol–water partition coefficient (Wildman–Crippen LogP) is 1.62. The first-order chi connectivity index (χ1) is 8.59. The summed E-state index contributed by atoms with van der Waals surface area (Å²) in [5, 5.41) is 12.5. The number of carboxylic acid groups (broad SMARTS) is 1. The van der Waals surface area contributed by atoms with Crippen molar-refractivity contribution < 1.29 is 14.3 Å². The van der Waals surface area contributed by atoms with Crippen LogP contribution in [0, 0.1) is 5.82 Å². The lowest BCUT2D eigenvalue weighted by Gasteiger charge is -2.32. The molecule has 1 heterocycles. The Morgan fingerprint density at radius 2 is 2.11 bits per heavy atom. The number of benzene rings is 1. The van der Waals surface area contributed by atoms with Gasteiger partial charge in [0.05, 0.1) is 0 Å². The van der Waals surface area contributed by atoms with Gasteiger partial charge in [0.25, 0.3) is 0 Å². The second-order valence-corrected chi connectivity index (χ2v) is 5.11. The van der Waals surface area contributed by atoms with Gasteiger partial charge in [0.1, 0.15) is 11.9 Å². The molecule has 4 nitrogen and oxygen atoms in total. The third-order valence-corrected chi connectivity index (χ3v) is 3.50. The molecule has 0 radical (unpaired) electrons. The zero-order valence-corrected chi connectivity index (χ0v) is 11.3. The van der Waals surface area contributed by atoms with Crippen molar-refractivity contribution in [2.24, 2.45) is 0 Å². The van der Waals surface area contributed by atoms with Crippen LogP contribution in [0.15, 0.2) is 22.7 Å². The SMILES string of the molecule is O=C(O)C(c1cc(Br)ccc1F)N1CCNCC1. The highest BCUT2D eigenvalue weighted by Crippen LogP contribution is 2.27. The van der Waals surface area contributed by atoms with Gasteiger partial charge < -0.3 is 10.4 Å². The fourth-order valence-corrected chi connectivity index (χ4v) is 2.53. The van der Waals surface area contributed by atoms with E-state index < -0.39 is 17.8 Å². The number of hydrogen-bond donors (Lipinski definition) is 2. The number of nitrogens with one attached hydrogen (secondary N) is 1. The molecule has 0 saturated carbocycles. The largest absolute Gasteiger partial charge is 0.480 e. The minimum Gasteiger partial charge on any atom is -0.480 e. The van der Waals surface area contributed by atoms with Crippen LogP contribution in [0.2, 0.25) is 0 Å².